The van der Waals surface area contributed by atoms with Crippen molar-refractivity contribution in [3.63, 3.8) is 0 Å². The summed E-state index contributed by atoms with van der Waals surface area (Å²) in [5.41, 5.74) is 1.53. The van der Waals surface area contributed by atoms with Crippen LogP contribution in [0.2, 0.25) is 0 Å². The lowest BCUT2D eigenvalue weighted by Gasteiger charge is -2.25. The molecule has 1 heterocycles. The van der Waals surface area contributed by atoms with Crippen LogP contribution in [0.1, 0.15) is 11.6 Å². The molecule has 0 fully saturated rings. The topological polar surface area (TPSA) is 63.1 Å². The lowest BCUT2D eigenvalue weighted by Crippen LogP contribution is -2.35. The molecule has 1 aromatic heterocycles. The normalized spacial score (nSPS) is 12.2. The molecule has 0 aliphatic heterocycles. The number of aromatic nitrogens is 3. The lowest BCUT2D eigenvalue weighted by atomic mass is 10.1. The maximum atomic E-state index is 14.0. The number of rotatable bonds is 8. The van der Waals surface area contributed by atoms with Gasteiger partial charge < -0.3 is 14.8 Å². The molecule has 1 N–H and O–H groups in total. The molecule has 3 aromatic rings. The molecule has 2 aromatic carbocycles. The number of nitrogens with one attached hydrogen (secondary N) is 1. The zero-order valence-corrected chi connectivity index (χ0v) is 17.5. The molecule has 0 bridgehead atoms. The number of benzene rings is 2. The number of carbonyl (C=O) groups excluding carboxylic acids is 1. The first-order chi connectivity index (χ1) is 14.0. The van der Waals surface area contributed by atoms with Gasteiger partial charge in [0.15, 0.2) is 11.0 Å². The minimum Gasteiger partial charge on any atom is -0.353 e. The Bertz CT molecular complexity index is 961. The Morgan fingerprint density at radius 3 is 2.52 bits per heavy atom. The molecule has 0 aliphatic rings. The number of thioether (sulfide) groups is 1. The van der Waals surface area contributed by atoms with Crippen molar-refractivity contribution in [1.29, 1.82) is 0 Å². The van der Waals surface area contributed by atoms with E-state index >= 15 is 0 Å². The number of hydrogen-bond donors (Lipinski definition) is 1. The molecule has 29 heavy (non-hydrogen) atoms. The summed E-state index contributed by atoms with van der Waals surface area (Å²) in [4.78, 5) is 14.4. The van der Waals surface area contributed by atoms with E-state index in [0.29, 0.717) is 23.1 Å². The number of hydrogen-bond acceptors (Lipinski definition) is 5. The molecule has 6 nitrogen and oxygen atoms in total. The Kier molecular flexibility index (Phi) is 7.00. The average Bonchev–Trinajstić information content (AvgIpc) is 3.08. The molecule has 0 aliphatic carbocycles. The number of halogens is 1. The van der Waals surface area contributed by atoms with Gasteiger partial charge in [-0.25, -0.2) is 4.39 Å². The van der Waals surface area contributed by atoms with E-state index in [1.807, 2.05) is 32.3 Å². The van der Waals surface area contributed by atoms with Gasteiger partial charge in [-0.1, -0.05) is 54.2 Å². The van der Waals surface area contributed by atoms with Gasteiger partial charge in [-0.15, -0.1) is 10.2 Å². The Labute approximate surface area is 174 Å². The molecule has 1 amide bonds. The predicted octanol–water partition coefficient (Wildman–Crippen LogP) is 3.13. The largest absolute Gasteiger partial charge is 0.353 e. The van der Waals surface area contributed by atoms with E-state index in [0.717, 1.165) is 5.56 Å². The molecule has 0 saturated carbocycles. The van der Waals surface area contributed by atoms with Gasteiger partial charge >= 0.3 is 0 Å². The van der Waals surface area contributed by atoms with E-state index in [1.54, 1.807) is 29.8 Å². The first kappa shape index (κ1) is 21.0. The van der Waals surface area contributed by atoms with Gasteiger partial charge in [0.05, 0.1) is 17.4 Å². The van der Waals surface area contributed by atoms with Crippen molar-refractivity contribution in [2.75, 3.05) is 26.4 Å². The van der Waals surface area contributed by atoms with Crippen LogP contribution in [0.5, 0.6) is 0 Å². The molecule has 8 heteroatoms. The van der Waals surface area contributed by atoms with E-state index in [1.165, 1.54) is 17.8 Å². The maximum absolute atomic E-state index is 14.0. The van der Waals surface area contributed by atoms with Gasteiger partial charge in [-0.3, -0.25) is 4.79 Å². The molecule has 0 saturated heterocycles. The second-order valence-corrected chi connectivity index (χ2v) is 7.77. The Morgan fingerprint density at radius 1 is 1.14 bits per heavy atom. The molecule has 1 atom stereocenters. The van der Waals surface area contributed by atoms with E-state index in [4.69, 9.17) is 0 Å². The van der Waals surface area contributed by atoms with E-state index < -0.39 is 0 Å². The zero-order chi connectivity index (χ0) is 20.8. The van der Waals surface area contributed by atoms with Crippen molar-refractivity contribution in [2.24, 2.45) is 7.05 Å². The maximum Gasteiger partial charge on any atom is 0.230 e. The highest BCUT2D eigenvalue weighted by Crippen LogP contribution is 2.24. The molecule has 152 valence electrons. The first-order valence-electron chi connectivity index (χ1n) is 9.22. The minimum absolute atomic E-state index is 0.0896. The monoisotopic (exact) mass is 413 g/mol. The molecular formula is C21H24FN5OS. The van der Waals surface area contributed by atoms with Crippen LogP contribution >= 0.6 is 11.8 Å². The van der Waals surface area contributed by atoms with Gasteiger partial charge in [0.25, 0.3) is 0 Å². The fourth-order valence-electron chi connectivity index (χ4n) is 2.98. The van der Waals surface area contributed by atoms with Crippen LogP contribution in [0.25, 0.3) is 11.4 Å². The molecule has 0 spiro atoms. The number of carbonyl (C=O) groups is 1. The van der Waals surface area contributed by atoms with Crippen LogP contribution < -0.4 is 5.32 Å². The Morgan fingerprint density at radius 2 is 1.83 bits per heavy atom. The highest BCUT2D eigenvalue weighted by molar-refractivity contribution is 7.99. The molecule has 0 unspecified atom stereocenters. The first-order valence-corrected chi connectivity index (χ1v) is 10.2. The van der Waals surface area contributed by atoms with Crippen LogP contribution in [0.3, 0.4) is 0 Å². The minimum atomic E-state index is -0.354. The van der Waals surface area contributed by atoms with Crippen molar-refractivity contribution in [3.8, 4) is 11.4 Å². The molecule has 3 rings (SSSR count). The summed E-state index contributed by atoms with van der Waals surface area (Å²) in [7, 11) is 5.74. The number of likely N-dealkylation sites (N-methyl/N-ethyl adjacent to an activating group) is 1. The van der Waals surface area contributed by atoms with Crippen LogP contribution in [0.4, 0.5) is 4.39 Å². The van der Waals surface area contributed by atoms with Gasteiger partial charge in [-0.05, 0) is 31.8 Å². The lowest BCUT2D eigenvalue weighted by molar-refractivity contribution is -0.118. The SMILES string of the molecule is CN(C)[C@@H](CNC(=O)CSc1nnc(-c2ccccc2F)n1C)c1ccccc1. The smallest absolute Gasteiger partial charge is 0.230 e. The van der Waals surface area contributed by atoms with E-state index in [9.17, 15) is 9.18 Å². The average molecular weight is 414 g/mol. The molecule has 0 radical (unpaired) electrons. The summed E-state index contributed by atoms with van der Waals surface area (Å²) in [5.74, 6) is 0.196. The summed E-state index contributed by atoms with van der Waals surface area (Å²) < 4.78 is 15.7. The quantitative estimate of drug-likeness (QED) is 0.575. The summed E-state index contributed by atoms with van der Waals surface area (Å²) in [5, 5.41) is 11.7. The summed E-state index contributed by atoms with van der Waals surface area (Å²) in [6, 6.07) is 16.6. The summed E-state index contributed by atoms with van der Waals surface area (Å²) >= 11 is 1.27. The third-order valence-corrected chi connectivity index (χ3v) is 5.60. The van der Waals surface area contributed by atoms with Crippen molar-refractivity contribution in [2.45, 2.75) is 11.2 Å². The van der Waals surface area contributed by atoms with Crippen LogP contribution in [0, 0.1) is 5.82 Å². The van der Waals surface area contributed by atoms with E-state index in [-0.39, 0.29) is 23.5 Å². The third-order valence-electron chi connectivity index (χ3n) is 4.58. The zero-order valence-electron chi connectivity index (χ0n) is 16.7. The second kappa shape index (κ2) is 9.67. The van der Waals surface area contributed by atoms with Gasteiger partial charge in [0.2, 0.25) is 5.91 Å². The summed E-state index contributed by atoms with van der Waals surface area (Å²) in [6.45, 7) is 0.510. The van der Waals surface area contributed by atoms with Gasteiger partial charge in [0, 0.05) is 13.6 Å². The fourth-order valence-corrected chi connectivity index (χ4v) is 3.72. The van der Waals surface area contributed by atoms with Crippen LogP contribution in [0.15, 0.2) is 59.8 Å². The second-order valence-electron chi connectivity index (χ2n) is 6.83. The number of amides is 1. The number of nitrogens with zero attached hydrogens (tertiary/aromatic N) is 4. The Balaban J connectivity index is 1.58. The summed E-state index contributed by atoms with van der Waals surface area (Å²) in [6.07, 6.45) is 0. The van der Waals surface area contributed by atoms with Crippen molar-refractivity contribution in [1.82, 2.24) is 25.0 Å². The van der Waals surface area contributed by atoms with E-state index in [2.05, 4.69) is 32.5 Å². The highest BCUT2D eigenvalue weighted by Gasteiger charge is 2.17. The molecular weight excluding hydrogens is 389 g/mol. The van der Waals surface area contributed by atoms with Gasteiger partial charge in [0.1, 0.15) is 5.82 Å². The van der Waals surface area contributed by atoms with Gasteiger partial charge in [-0.2, -0.15) is 0 Å². The van der Waals surface area contributed by atoms with Crippen molar-refractivity contribution >= 4 is 17.7 Å². The predicted molar refractivity (Wildman–Crippen MR) is 113 cm³/mol. The van der Waals surface area contributed by atoms with Crippen LogP contribution in [-0.4, -0.2) is 52.0 Å². The van der Waals surface area contributed by atoms with Crippen molar-refractivity contribution in [3.05, 3.63) is 66.0 Å². The standard InChI is InChI=1S/C21H24FN5OS/c1-26(2)18(15-9-5-4-6-10-15)13-23-19(28)14-29-21-25-24-20(27(21)3)16-11-7-8-12-17(16)22/h4-12,18H,13-14H2,1-3H3,(H,23,28)/t18-/m0/s1. The van der Waals surface area contributed by atoms with Crippen molar-refractivity contribution < 1.29 is 9.18 Å². The van der Waals surface area contributed by atoms with Crippen LogP contribution in [-0.2, 0) is 11.8 Å². The highest BCUT2D eigenvalue weighted by atomic mass is 32.2. The Hall–Kier alpha value is -2.71. The third kappa shape index (κ3) is 5.21. The fraction of sp³-hybridized carbons (Fsp3) is 0.286.